The van der Waals surface area contributed by atoms with Gasteiger partial charge in [0, 0.05) is 31.6 Å². The molecule has 5 N–H and O–H groups in total. The lowest BCUT2D eigenvalue weighted by Crippen LogP contribution is -2.57. The summed E-state index contributed by atoms with van der Waals surface area (Å²) in [5.41, 5.74) is 7.54. The van der Waals surface area contributed by atoms with Crippen LogP contribution >= 0.6 is 22.9 Å². The molecule has 1 unspecified atom stereocenters. The van der Waals surface area contributed by atoms with Gasteiger partial charge in [0.15, 0.2) is 0 Å². The van der Waals surface area contributed by atoms with Crippen molar-refractivity contribution in [2.45, 2.75) is 70.4 Å². The molecule has 3 atom stereocenters. The number of nitrogens with zero attached hydrogens (tertiary/aromatic N) is 4. The number of carbonyl (C=O) groups excluding carboxylic acids is 2. The molecular weight excluding hydrogens is 676 g/mol. The van der Waals surface area contributed by atoms with E-state index in [4.69, 9.17) is 17.3 Å². The Balaban J connectivity index is 1.57. The summed E-state index contributed by atoms with van der Waals surface area (Å²) in [6.45, 7) is 8.07. The minimum Gasteiger partial charge on any atom is -0.397 e. The molecule has 0 radical (unpaired) electrons. The van der Waals surface area contributed by atoms with Gasteiger partial charge in [-0.15, -0.1) is 11.3 Å². The van der Waals surface area contributed by atoms with Gasteiger partial charge in [-0.2, -0.15) is 4.31 Å². The van der Waals surface area contributed by atoms with Crippen molar-refractivity contribution in [3.63, 3.8) is 0 Å². The maximum absolute atomic E-state index is 14.0. The molecule has 3 aromatic rings. The Morgan fingerprint density at radius 3 is 2.44 bits per heavy atom. The highest BCUT2D eigenvalue weighted by molar-refractivity contribution is 7.89. The zero-order valence-electron chi connectivity index (χ0n) is 27.6. The van der Waals surface area contributed by atoms with Gasteiger partial charge >= 0.3 is 6.03 Å². The number of aromatic nitrogens is 1. The number of nitrogens with two attached hydrogens (primary N) is 1. The first-order chi connectivity index (χ1) is 22.7. The van der Waals surface area contributed by atoms with E-state index in [2.05, 4.69) is 10.3 Å². The van der Waals surface area contributed by atoms with Crippen LogP contribution in [0.5, 0.6) is 0 Å². The zero-order valence-corrected chi connectivity index (χ0v) is 30.0. The third-order valence-corrected chi connectivity index (χ3v) is 11.2. The zero-order chi connectivity index (χ0) is 35.2. The highest BCUT2D eigenvalue weighted by Gasteiger charge is 2.40. The van der Waals surface area contributed by atoms with Gasteiger partial charge in [0.25, 0.3) is 0 Å². The maximum atomic E-state index is 14.0. The fraction of sp³-hybridized carbons (Fsp3) is 0.485. The lowest BCUT2D eigenvalue weighted by atomic mass is 9.97. The Kier molecular flexibility index (Phi) is 12.8. The first-order valence-corrected chi connectivity index (χ1v) is 18.6. The number of aliphatic hydroxyl groups excluding tert-OH is 2. The highest BCUT2D eigenvalue weighted by atomic mass is 35.5. The molecule has 48 heavy (non-hydrogen) atoms. The van der Waals surface area contributed by atoms with E-state index >= 15 is 0 Å². The molecule has 4 rings (SSSR count). The van der Waals surface area contributed by atoms with Crippen molar-refractivity contribution in [2.75, 3.05) is 31.9 Å². The highest BCUT2D eigenvalue weighted by Crippen LogP contribution is 2.26. The van der Waals surface area contributed by atoms with Gasteiger partial charge in [0.05, 0.1) is 46.6 Å². The maximum Gasteiger partial charge on any atom is 0.321 e. The Bertz CT molecular complexity index is 1650. The second-order valence-corrected chi connectivity index (χ2v) is 16.0. The predicted molar refractivity (Wildman–Crippen MR) is 187 cm³/mol. The Morgan fingerprint density at radius 2 is 1.83 bits per heavy atom. The second kappa shape index (κ2) is 16.4. The van der Waals surface area contributed by atoms with Crippen LogP contribution in [0, 0.1) is 11.8 Å². The average Bonchev–Trinajstić information content (AvgIpc) is 3.64. The summed E-state index contributed by atoms with van der Waals surface area (Å²) < 4.78 is 28.8. The van der Waals surface area contributed by atoms with E-state index in [1.807, 2.05) is 58.0 Å². The van der Waals surface area contributed by atoms with Crippen LogP contribution in [0.3, 0.4) is 0 Å². The smallest absolute Gasteiger partial charge is 0.321 e. The van der Waals surface area contributed by atoms with Gasteiger partial charge in [-0.1, -0.05) is 69.6 Å². The van der Waals surface area contributed by atoms with Crippen molar-refractivity contribution < 1.29 is 28.2 Å². The summed E-state index contributed by atoms with van der Waals surface area (Å²) >= 11 is 7.37. The van der Waals surface area contributed by atoms with Crippen molar-refractivity contribution in [1.82, 2.24) is 24.4 Å². The van der Waals surface area contributed by atoms with Crippen molar-refractivity contribution >= 4 is 50.6 Å². The van der Waals surface area contributed by atoms with E-state index in [1.54, 1.807) is 10.3 Å². The number of sulfonamides is 1. The Labute approximate surface area is 291 Å². The molecule has 1 saturated heterocycles. The number of urea groups is 1. The minimum atomic E-state index is -4.10. The molecule has 0 bridgehead atoms. The van der Waals surface area contributed by atoms with Crippen LogP contribution in [0.2, 0.25) is 5.02 Å². The number of amides is 3. The lowest BCUT2D eigenvalue weighted by molar-refractivity contribution is -0.128. The number of nitrogens with one attached hydrogen (secondary N) is 1. The lowest BCUT2D eigenvalue weighted by Gasteiger charge is -2.34. The summed E-state index contributed by atoms with van der Waals surface area (Å²) in [5.74, 6) is -0.787. The number of halogens is 1. The average molecular weight is 721 g/mol. The molecule has 1 aromatic heterocycles. The number of benzene rings is 2. The number of carbonyl (C=O) groups is 2. The fourth-order valence-electron chi connectivity index (χ4n) is 5.76. The first-order valence-electron chi connectivity index (χ1n) is 15.9. The van der Waals surface area contributed by atoms with E-state index in [-0.39, 0.29) is 66.1 Å². The van der Waals surface area contributed by atoms with E-state index in [0.717, 1.165) is 5.56 Å². The van der Waals surface area contributed by atoms with Gasteiger partial charge in [-0.05, 0) is 42.0 Å². The van der Waals surface area contributed by atoms with E-state index in [9.17, 15) is 28.2 Å². The standard InChI is InChI=1S/C33H45ClN6O6S2/c1-21(2)16-39(48(45,46)25-10-11-26(34)27(35)15-25)18-29(42)28(14-23-8-6-5-7-9-23)37-32(43)31(22(3)4)40-13-12-38(33(40)44)17-24-20-47-30(19-41)36-24/h5-11,15,20-22,28-29,31,41-42H,12-14,16-19,35H2,1-4H3,(H,37,43)/t28-,29?,31+/m0/s1. The molecule has 262 valence electrons. The molecule has 12 nitrogen and oxygen atoms in total. The van der Waals surface area contributed by atoms with Gasteiger partial charge in [0.2, 0.25) is 15.9 Å². The van der Waals surface area contributed by atoms with Crippen LogP contribution in [0.25, 0.3) is 0 Å². The van der Waals surface area contributed by atoms with Gasteiger partial charge in [0.1, 0.15) is 11.0 Å². The summed E-state index contributed by atoms with van der Waals surface area (Å²) in [4.78, 5) is 35.0. The number of thiazole rings is 1. The van der Waals surface area contributed by atoms with E-state index in [0.29, 0.717) is 23.8 Å². The Hall–Kier alpha value is -3.27. The molecule has 0 saturated carbocycles. The van der Waals surface area contributed by atoms with E-state index < -0.39 is 34.1 Å². The van der Waals surface area contributed by atoms with Crippen molar-refractivity contribution in [1.29, 1.82) is 0 Å². The molecule has 2 aromatic carbocycles. The summed E-state index contributed by atoms with van der Waals surface area (Å²) in [6.07, 6.45) is -1.09. The second-order valence-electron chi connectivity index (χ2n) is 12.7. The number of aliphatic hydroxyl groups is 2. The van der Waals surface area contributed by atoms with E-state index in [1.165, 1.54) is 38.7 Å². The topological polar surface area (TPSA) is 169 Å². The molecular formula is C33H45ClN6O6S2. The van der Waals surface area contributed by atoms with Crippen LogP contribution in [-0.4, -0.2) is 94.0 Å². The fourth-order valence-corrected chi connectivity index (χ4v) is 8.18. The van der Waals surface area contributed by atoms with Crippen LogP contribution in [0.1, 0.15) is 44.0 Å². The molecule has 1 fully saturated rings. The summed E-state index contributed by atoms with van der Waals surface area (Å²) in [5, 5.41) is 26.6. The predicted octanol–water partition coefficient (Wildman–Crippen LogP) is 3.57. The number of hydrogen-bond donors (Lipinski definition) is 4. The number of anilines is 1. The van der Waals surface area contributed by atoms with Crippen molar-refractivity contribution in [3.8, 4) is 0 Å². The Morgan fingerprint density at radius 1 is 1.12 bits per heavy atom. The van der Waals surface area contributed by atoms with Gasteiger partial charge < -0.3 is 31.1 Å². The molecule has 0 aliphatic carbocycles. The molecule has 0 spiro atoms. The molecule has 1 aliphatic heterocycles. The summed E-state index contributed by atoms with van der Waals surface area (Å²) in [7, 11) is -4.10. The number of hydrogen-bond acceptors (Lipinski definition) is 9. The monoisotopic (exact) mass is 720 g/mol. The largest absolute Gasteiger partial charge is 0.397 e. The molecule has 1 aliphatic rings. The third-order valence-electron chi connectivity index (χ3n) is 8.11. The van der Waals surface area contributed by atoms with Gasteiger partial charge in [-0.3, -0.25) is 4.79 Å². The number of rotatable bonds is 16. The minimum absolute atomic E-state index is 0.0527. The van der Waals surface area contributed by atoms with Crippen LogP contribution in [0.15, 0.2) is 58.8 Å². The van der Waals surface area contributed by atoms with Crippen LogP contribution < -0.4 is 11.1 Å². The van der Waals surface area contributed by atoms with Crippen LogP contribution in [0.4, 0.5) is 10.5 Å². The summed E-state index contributed by atoms with van der Waals surface area (Å²) in [6, 6.07) is 11.3. The van der Waals surface area contributed by atoms with Gasteiger partial charge in [-0.25, -0.2) is 18.2 Å². The molecule has 3 amide bonds. The normalized spacial score (nSPS) is 15.8. The first kappa shape index (κ1) is 37.5. The SMILES string of the molecule is CC(C)CN(CC(O)[C@H](Cc1ccccc1)NC(=O)[C@@H](C(C)C)N1CCN(Cc2csc(CO)n2)C1=O)S(=O)(=O)c1ccc(Cl)c(N)c1. The quantitative estimate of drug-likeness (QED) is 0.163. The molecule has 15 heteroatoms. The molecule has 2 heterocycles. The third kappa shape index (κ3) is 9.24. The van der Waals surface area contributed by atoms with Crippen molar-refractivity contribution in [2.24, 2.45) is 11.8 Å². The number of nitrogen functional groups attached to an aromatic ring is 1. The van der Waals surface area contributed by atoms with Crippen LogP contribution in [-0.2, 0) is 34.4 Å². The van der Waals surface area contributed by atoms with Crippen molar-refractivity contribution in [3.05, 3.63) is 75.2 Å².